The predicted octanol–water partition coefficient (Wildman–Crippen LogP) is -7.01. The van der Waals surface area contributed by atoms with E-state index in [0.29, 0.717) is 52.4 Å². The van der Waals surface area contributed by atoms with E-state index < -0.39 is 41.0 Å². The molecule has 8 aromatic carbocycles. The first kappa shape index (κ1) is 100. The quantitative estimate of drug-likeness (QED) is 0.0616. The number of hydrogen-bond donors (Lipinski definition) is 1. The van der Waals surface area contributed by atoms with Gasteiger partial charge in [-0.15, -0.1) is 41.0 Å². The average Bonchev–Trinajstić information content (AvgIpc) is 1.65. The number of hydrogen-bond acceptors (Lipinski definition) is 30. The summed E-state index contributed by atoms with van der Waals surface area (Å²) in [6.07, 6.45) is 0. The summed E-state index contributed by atoms with van der Waals surface area (Å²) in [5, 5.41) is 14.3. The fourth-order valence-electron chi connectivity index (χ4n) is 13.7. The van der Waals surface area contributed by atoms with Gasteiger partial charge in [0.2, 0.25) is 0 Å². The number of halogens is 4. The number of aryl methyl sites for hydroxylation is 8. The molecule has 16 aromatic rings. The molecule has 0 bridgehead atoms. The van der Waals surface area contributed by atoms with Crippen molar-refractivity contribution in [2.24, 2.45) is 56.4 Å². The molecule has 38 nitrogen and oxygen atoms in total. The fourth-order valence-corrected chi connectivity index (χ4v) is 13.7. The van der Waals surface area contributed by atoms with Crippen LogP contribution in [0.4, 0.5) is 0 Å². The number of aromatic nitrogens is 16. The minimum Gasteiger partial charge on any atom is -0.400 e. The fraction of sp³-hybridized carbons (Fsp3) is 0.278. The molecule has 8 aromatic heterocycles. The smallest absolute Gasteiger partial charge is 0.400 e. The first-order valence-electron chi connectivity index (χ1n) is 36.6. The van der Waals surface area contributed by atoms with Crippen LogP contribution in [-0.4, -0.2) is 134 Å². The van der Waals surface area contributed by atoms with Crippen LogP contribution in [0.3, 0.4) is 0 Å². The zero-order valence-electron chi connectivity index (χ0n) is 68.1. The first-order chi connectivity index (χ1) is 57.3. The van der Waals surface area contributed by atoms with Crippen LogP contribution in [0.25, 0.3) is 88.3 Å². The second kappa shape index (κ2) is 45.3. The summed E-state index contributed by atoms with van der Waals surface area (Å²) in [7, 11) is -1.88. The third-order valence-corrected chi connectivity index (χ3v) is 19.4. The molecule has 0 aliphatic rings. The molecule has 650 valence electrons. The summed E-state index contributed by atoms with van der Waals surface area (Å²) in [6.45, 7) is 10.2. The number of nitriles is 1. The van der Waals surface area contributed by atoms with Gasteiger partial charge in [0, 0.05) is 96.6 Å². The Labute approximate surface area is 735 Å². The van der Waals surface area contributed by atoms with Crippen LogP contribution in [0.5, 0.6) is 0 Å². The summed E-state index contributed by atoms with van der Waals surface area (Å²) in [6, 6.07) is 68.5. The Morgan fingerprint density at radius 3 is 0.423 bits per heavy atom. The topological polar surface area (TPSA) is 568 Å². The molecule has 0 fully saturated rings. The van der Waals surface area contributed by atoms with Gasteiger partial charge in [0.25, 0.3) is 0 Å². The molecule has 123 heavy (non-hydrogen) atoms. The Morgan fingerprint density at radius 1 is 0.244 bits per heavy atom. The van der Waals surface area contributed by atoms with E-state index in [2.05, 4.69) is 307 Å². The maximum atomic E-state index is 8.49. The zero-order valence-corrected chi connectivity index (χ0v) is 73.3. The Kier molecular flexibility index (Phi) is 37.0. The van der Waals surface area contributed by atoms with Crippen molar-refractivity contribution in [3.05, 3.63) is 241 Å². The Morgan fingerprint density at radius 2 is 0.333 bits per heavy atom. The van der Waals surface area contributed by atoms with E-state index in [1.165, 1.54) is 6.92 Å². The molecule has 0 spiro atoms. The van der Waals surface area contributed by atoms with Gasteiger partial charge in [0.1, 0.15) is 46.6 Å². The number of fused-ring (bicyclic) bond motifs is 8. The second-order valence-corrected chi connectivity index (χ2v) is 30.2. The summed E-state index contributed by atoms with van der Waals surface area (Å²) in [4.78, 5) is 50.3. The van der Waals surface area contributed by atoms with Crippen LogP contribution < -0.4 is 74.5 Å². The molecular weight excluding hydrogens is 1770 g/mol. The van der Waals surface area contributed by atoms with E-state index in [4.69, 9.17) is 125 Å². The summed E-state index contributed by atoms with van der Waals surface area (Å²) in [5.41, 5.74) is 17.2. The van der Waals surface area contributed by atoms with Gasteiger partial charge in [-0.1, -0.05) is 97.1 Å². The number of imidazole rings is 8. The van der Waals surface area contributed by atoms with E-state index >= 15 is 0 Å². The zero-order chi connectivity index (χ0) is 88.3. The molecule has 0 saturated carbocycles. The van der Waals surface area contributed by atoms with Crippen LogP contribution in [0.1, 0.15) is 53.5 Å². The standard InChI is InChI=1S/2C38H40N10.C2H3N.CH4O.4ClHO4.2Fe/c2*1-43-31-17-9-5-13-27(31)39-35(43)23-47(24-36-40-28-14-6-10-18-32(28)44(36)2)21-22-48(25-37-41-29-15-7-11-19-33(29)45(37)3)26-38-42-30-16-8-12-20-34(30)46(38)4;1-2-3;1-2;4*2-1(3,4)5;;/h2*5-20H,21-26H2,1-4H3;1H3;2H,1H3;4*(H,2,3,4,5);;/q;;;;;;;;2*+4/p-4. The first-order valence-corrected chi connectivity index (χ1v) is 41.6. The van der Waals surface area contributed by atoms with Crippen LogP contribution >= 0.6 is 0 Å². The predicted molar refractivity (Wildman–Crippen MR) is 402 cm³/mol. The van der Waals surface area contributed by atoms with E-state index in [9.17, 15) is 0 Å². The Bertz CT molecular complexity index is 5040. The van der Waals surface area contributed by atoms with Gasteiger partial charge in [0.15, 0.2) is 0 Å². The van der Waals surface area contributed by atoms with E-state index in [1.807, 2.05) is 0 Å². The van der Waals surface area contributed by atoms with Crippen molar-refractivity contribution in [3.63, 3.8) is 0 Å². The van der Waals surface area contributed by atoms with Gasteiger partial charge < -0.3 is 41.6 Å². The Hall–Kier alpha value is -9.63. The molecule has 8 heterocycles. The Balaban J connectivity index is 0.000000262. The normalized spacial score (nSPS) is 11.6. The molecular formula is C79H87Cl4Fe2N21O17+4. The molecule has 0 unspecified atom stereocenters. The number of rotatable bonds is 22. The number of aliphatic hydroxyl groups is 1. The van der Waals surface area contributed by atoms with E-state index in [1.54, 1.807) is 6.07 Å². The minimum absolute atomic E-state index is 0. The van der Waals surface area contributed by atoms with Crippen molar-refractivity contribution in [3.8, 4) is 6.07 Å². The van der Waals surface area contributed by atoms with Crippen molar-refractivity contribution in [1.29, 1.82) is 5.26 Å². The second-order valence-electron chi connectivity index (χ2n) is 27.2. The van der Waals surface area contributed by atoms with Crippen molar-refractivity contribution in [2.75, 3.05) is 33.3 Å². The largest absolute Gasteiger partial charge is 4.00 e. The number of benzene rings is 8. The molecule has 16 rings (SSSR count). The average molecular weight is 1860 g/mol. The third-order valence-electron chi connectivity index (χ3n) is 19.4. The van der Waals surface area contributed by atoms with Crippen LogP contribution in [0, 0.1) is 52.3 Å². The summed E-state index contributed by atoms with van der Waals surface area (Å²) in [5.74, 6) is 8.28. The van der Waals surface area contributed by atoms with Gasteiger partial charge >= 0.3 is 34.1 Å². The molecule has 0 atom stereocenters. The van der Waals surface area contributed by atoms with Crippen LogP contribution in [0.15, 0.2) is 194 Å². The van der Waals surface area contributed by atoms with Gasteiger partial charge in [-0.05, 0) is 97.1 Å². The monoisotopic (exact) mass is 1850 g/mol. The minimum atomic E-state index is -4.94. The number of para-hydroxylation sites is 16. The van der Waals surface area contributed by atoms with Gasteiger partial charge in [-0.3, -0.25) is 19.6 Å². The summed E-state index contributed by atoms with van der Waals surface area (Å²) < 4.78 is 154. The summed E-state index contributed by atoms with van der Waals surface area (Å²) >= 11 is 0. The molecule has 0 aliphatic heterocycles. The maximum absolute atomic E-state index is 8.49. The number of aliphatic hydroxyl groups excluding tert-OH is 1. The van der Waals surface area contributed by atoms with Gasteiger partial charge in [-0.2, -0.15) is 5.26 Å². The van der Waals surface area contributed by atoms with E-state index in [-0.39, 0.29) is 34.1 Å². The molecule has 0 amide bonds. The van der Waals surface area contributed by atoms with Crippen LogP contribution in [-0.2, 0) is 143 Å². The van der Waals surface area contributed by atoms with Crippen molar-refractivity contribution in [1.82, 2.24) is 96.0 Å². The van der Waals surface area contributed by atoms with Crippen LogP contribution in [0.2, 0.25) is 0 Å². The van der Waals surface area contributed by atoms with Gasteiger partial charge in [-0.25, -0.2) is 114 Å². The number of nitrogens with zero attached hydrogens (tertiary/aromatic N) is 21. The maximum Gasteiger partial charge on any atom is 4.00 e. The van der Waals surface area contributed by atoms with E-state index in [0.717, 1.165) is 168 Å². The molecule has 0 aliphatic carbocycles. The van der Waals surface area contributed by atoms with Crippen molar-refractivity contribution < 1.29 is 155 Å². The SMILES string of the molecule is CC#N.CO.Cn1c(CN(CCN(Cc2nc3ccccc3n2C)Cc2nc3ccccc3n2C)Cc2nc3ccccc3n2C)nc2ccccc21.Cn1c(CN(CCN(Cc2nc3ccccc3n2C)Cc2nc3ccccc3n2C)Cc2nc3ccccc3n2C)nc2ccccc21.[Fe+4].[Fe+4].[O-][Cl+3]([O-])([O-])[O-].[O-][Cl+3]([O-])([O-])[O-].[O-][Cl+3]([O-])([O-])[O-].[O-][Cl+3]([O-])([O-])[O-]. The molecule has 44 heteroatoms. The molecule has 0 saturated heterocycles. The third kappa shape index (κ3) is 29.2. The molecule has 1 N–H and O–H groups in total. The molecule has 0 radical (unpaired) electrons. The van der Waals surface area contributed by atoms with Crippen molar-refractivity contribution >= 4 is 88.3 Å². The van der Waals surface area contributed by atoms with Gasteiger partial charge in [0.05, 0.1) is 147 Å². The van der Waals surface area contributed by atoms with Crippen molar-refractivity contribution in [2.45, 2.75) is 59.3 Å².